The molecule has 1 atom stereocenters. The Morgan fingerprint density at radius 2 is 1.94 bits per heavy atom. The van der Waals surface area contributed by atoms with Crippen LogP contribution in [0.3, 0.4) is 0 Å². The normalized spacial score (nSPS) is 12.6. The van der Waals surface area contributed by atoms with Crippen molar-refractivity contribution in [3.63, 3.8) is 0 Å². The van der Waals surface area contributed by atoms with Crippen LogP contribution in [0, 0.1) is 11.6 Å². The van der Waals surface area contributed by atoms with Crippen molar-refractivity contribution in [1.82, 2.24) is 0 Å². The summed E-state index contributed by atoms with van der Waals surface area (Å²) in [5.74, 6) is 0.440. The van der Waals surface area contributed by atoms with Crippen molar-refractivity contribution in [3.05, 3.63) is 23.8 Å². The van der Waals surface area contributed by atoms with Gasteiger partial charge in [0.15, 0.2) is 0 Å². The number of thioether (sulfide) groups is 1. The third-order valence-electron chi connectivity index (χ3n) is 2.07. The van der Waals surface area contributed by atoms with Gasteiger partial charge in [-0.2, -0.15) is 11.8 Å². The molecule has 0 saturated carbocycles. The van der Waals surface area contributed by atoms with Crippen LogP contribution in [-0.4, -0.2) is 21.5 Å². The first-order valence-corrected chi connectivity index (χ1v) is 7.74. The Morgan fingerprint density at radius 1 is 1.35 bits per heavy atom. The van der Waals surface area contributed by atoms with Crippen LogP contribution in [0.15, 0.2) is 17.0 Å². The monoisotopic (exact) mass is 279 g/mol. The molecule has 0 aliphatic carbocycles. The van der Waals surface area contributed by atoms with Gasteiger partial charge in [-0.3, -0.25) is 4.21 Å². The maximum atomic E-state index is 13.4. The predicted molar refractivity (Wildman–Crippen MR) is 69.7 cm³/mol. The van der Waals surface area contributed by atoms with Crippen LogP contribution in [0.5, 0.6) is 0 Å². The predicted octanol–water partition coefficient (Wildman–Crippen LogP) is 2.80. The number of hydrogen-bond acceptors (Lipinski definition) is 3. The van der Waals surface area contributed by atoms with Gasteiger partial charge in [-0.1, -0.05) is 6.92 Å². The maximum Gasteiger partial charge on any atom is 0.144 e. The molecule has 96 valence electrons. The van der Waals surface area contributed by atoms with Crippen LogP contribution < -0.4 is 5.73 Å². The van der Waals surface area contributed by atoms with Crippen molar-refractivity contribution in [1.29, 1.82) is 0 Å². The van der Waals surface area contributed by atoms with E-state index >= 15 is 0 Å². The van der Waals surface area contributed by atoms with Gasteiger partial charge in [-0.25, -0.2) is 8.78 Å². The minimum atomic E-state index is -1.64. The first-order valence-electron chi connectivity index (χ1n) is 5.27. The second-order valence-corrected chi connectivity index (χ2v) is 6.32. The molecular weight excluding hydrogens is 264 g/mol. The number of hydrogen-bond donors (Lipinski definition) is 1. The summed E-state index contributed by atoms with van der Waals surface area (Å²) in [7, 11) is -1.64. The Balaban J connectivity index is 2.69. The van der Waals surface area contributed by atoms with E-state index in [-0.39, 0.29) is 16.3 Å². The molecule has 0 aliphatic heterocycles. The third-order valence-corrected chi connectivity index (χ3v) is 4.56. The van der Waals surface area contributed by atoms with Crippen LogP contribution in [0.2, 0.25) is 0 Å². The fourth-order valence-electron chi connectivity index (χ4n) is 1.34. The van der Waals surface area contributed by atoms with Gasteiger partial charge in [-0.15, -0.1) is 0 Å². The summed E-state index contributed by atoms with van der Waals surface area (Å²) in [5.41, 5.74) is 5.29. The van der Waals surface area contributed by atoms with Crippen molar-refractivity contribution in [2.24, 2.45) is 0 Å². The summed E-state index contributed by atoms with van der Waals surface area (Å²) in [6, 6.07) is 1.99. The van der Waals surface area contributed by atoms with Crippen molar-refractivity contribution in [2.75, 3.05) is 23.0 Å². The van der Waals surface area contributed by atoms with E-state index in [1.54, 1.807) is 11.8 Å². The molecule has 0 bridgehead atoms. The second kappa shape index (κ2) is 6.96. The van der Waals surface area contributed by atoms with Gasteiger partial charge < -0.3 is 5.73 Å². The van der Waals surface area contributed by atoms with Gasteiger partial charge in [0.25, 0.3) is 0 Å². The molecule has 1 unspecified atom stereocenters. The van der Waals surface area contributed by atoms with Gasteiger partial charge >= 0.3 is 0 Å². The molecule has 0 radical (unpaired) electrons. The Labute approximate surface area is 106 Å². The summed E-state index contributed by atoms with van der Waals surface area (Å²) in [5, 5.41) is 0. The average molecular weight is 279 g/mol. The minimum Gasteiger partial charge on any atom is -0.399 e. The van der Waals surface area contributed by atoms with E-state index in [0.29, 0.717) is 6.42 Å². The first-order chi connectivity index (χ1) is 8.06. The van der Waals surface area contributed by atoms with Gasteiger partial charge in [0.1, 0.15) is 16.5 Å². The van der Waals surface area contributed by atoms with E-state index in [1.807, 2.05) is 6.92 Å². The molecular formula is C11H15F2NOS2. The smallest absolute Gasteiger partial charge is 0.144 e. The number of halogens is 2. The fraction of sp³-hybridized carbons (Fsp3) is 0.455. The molecule has 0 amide bonds. The molecule has 0 fully saturated rings. The molecule has 0 aliphatic rings. The van der Waals surface area contributed by atoms with Crippen LogP contribution in [0.25, 0.3) is 0 Å². The Bertz CT molecular complexity index is 389. The van der Waals surface area contributed by atoms with Crippen LogP contribution in [0.4, 0.5) is 14.5 Å². The van der Waals surface area contributed by atoms with E-state index in [1.165, 1.54) is 0 Å². The average Bonchev–Trinajstić information content (AvgIpc) is 2.23. The lowest BCUT2D eigenvalue weighted by atomic mass is 10.3. The lowest BCUT2D eigenvalue weighted by Crippen LogP contribution is -2.06. The van der Waals surface area contributed by atoms with Crippen LogP contribution in [0.1, 0.15) is 13.3 Å². The molecule has 1 aromatic carbocycles. The van der Waals surface area contributed by atoms with E-state index < -0.39 is 22.4 Å². The molecule has 2 N–H and O–H groups in total. The summed E-state index contributed by atoms with van der Waals surface area (Å²) in [4.78, 5) is -0.360. The SMILES string of the molecule is CCSCCCS(=O)c1c(F)cc(N)cc1F. The van der Waals surface area contributed by atoms with Gasteiger partial charge in [0.2, 0.25) is 0 Å². The van der Waals surface area contributed by atoms with Crippen LogP contribution in [-0.2, 0) is 10.8 Å². The third kappa shape index (κ3) is 4.27. The van der Waals surface area contributed by atoms with E-state index in [2.05, 4.69) is 0 Å². The number of nitrogen functional groups attached to an aromatic ring is 1. The van der Waals surface area contributed by atoms with Gasteiger partial charge in [0, 0.05) is 11.4 Å². The highest BCUT2D eigenvalue weighted by Crippen LogP contribution is 2.21. The van der Waals surface area contributed by atoms with E-state index in [0.717, 1.165) is 23.6 Å². The zero-order valence-corrected chi connectivity index (χ0v) is 11.2. The summed E-state index contributed by atoms with van der Waals surface area (Å²) < 4.78 is 38.6. The molecule has 0 saturated heterocycles. The largest absolute Gasteiger partial charge is 0.399 e. The fourth-order valence-corrected chi connectivity index (χ4v) is 3.32. The summed E-state index contributed by atoms with van der Waals surface area (Å²) in [6.45, 7) is 2.03. The zero-order chi connectivity index (χ0) is 12.8. The number of anilines is 1. The highest BCUT2D eigenvalue weighted by Gasteiger charge is 2.16. The molecule has 1 aromatic rings. The Hall–Kier alpha value is -0.620. The van der Waals surface area contributed by atoms with Gasteiger partial charge in [0.05, 0.1) is 10.8 Å². The second-order valence-electron chi connectivity index (χ2n) is 3.41. The van der Waals surface area contributed by atoms with Crippen molar-refractivity contribution >= 4 is 28.2 Å². The Morgan fingerprint density at radius 3 is 2.47 bits per heavy atom. The molecule has 2 nitrogen and oxygen atoms in total. The molecule has 0 spiro atoms. The quantitative estimate of drug-likeness (QED) is 0.643. The lowest BCUT2D eigenvalue weighted by molar-refractivity contribution is 0.535. The highest BCUT2D eigenvalue weighted by molar-refractivity contribution is 7.99. The maximum absolute atomic E-state index is 13.4. The summed E-state index contributed by atoms with van der Waals surface area (Å²) in [6.07, 6.45) is 0.675. The van der Waals surface area contributed by atoms with Crippen molar-refractivity contribution in [3.8, 4) is 0 Å². The number of rotatable bonds is 6. The zero-order valence-electron chi connectivity index (χ0n) is 9.54. The highest BCUT2D eigenvalue weighted by atomic mass is 32.2. The van der Waals surface area contributed by atoms with E-state index in [9.17, 15) is 13.0 Å². The first kappa shape index (κ1) is 14.4. The Kier molecular flexibility index (Phi) is 5.91. The molecule has 6 heteroatoms. The molecule has 0 heterocycles. The van der Waals surface area contributed by atoms with Gasteiger partial charge in [-0.05, 0) is 30.1 Å². The van der Waals surface area contributed by atoms with Crippen molar-refractivity contribution in [2.45, 2.75) is 18.2 Å². The minimum absolute atomic E-state index is 0.00212. The summed E-state index contributed by atoms with van der Waals surface area (Å²) >= 11 is 1.71. The van der Waals surface area contributed by atoms with E-state index in [4.69, 9.17) is 5.73 Å². The topological polar surface area (TPSA) is 43.1 Å². The van der Waals surface area contributed by atoms with Crippen LogP contribution >= 0.6 is 11.8 Å². The lowest BCUT2D eigenvalue weighted by Gasteiger charge is -2.06. The number of benzene rings is 1. The molecule has 17 heavy (non-hydrogen) atoms. The standard InChI is InChI=1S/C11H15F2NOS2/c1-2-16-4-3-5-17(15)11-9(12)6-8(14)7-10(11)13/h6-7H,2-5,14H2,1H3. The van der Waals surface area contributed by atoms with Crippen molar-refractivity contribution < 1.29 is 13.0 Å². The number of nitrogens with two attached hydrogens (primary N) is 1. The molecule has 1 rings (SSSR count). The molecule has 0 aromatic heterocycles.